The van der Waals surface area contributed by atoms with E-state index in [1.54, 1.807) is 61.7 Å². The molecule has 1 aliphatic rings. The Morgan fingerprint density at radius 2 is 1.70 bits per heavy atom. The summed E-state index contributed by atoms with van der Waals surface area (Å²) in [6.07, 6.45) is 0. The van der Waals surface area contributed by atoms with E-state index in [1.165, 1.54) is 30.5 Å². The Morgan fingerprint density at radius 1 is 0.894 bits per heavy atom. The van der Waals surface area contributed by atoms with Gasteiger partial charge in [-0.2, -0.15) is 0 Å². The Kier molecular flexibility index (Phi) is 7.74. The van der Waals surface area contributed by atoms with Crippen molar-refractivity contribution < 1.29 is 38.1 Å². The van der Waals surface area contributed by atoms with Crippen molar-refractivity contribution in [2.24, 2.45) is 0 Å². The molecule has 4 aromatic carbocycles. The number of para-hydroxylation sites is 1. The molecule has 0 fully saturated rings. The molecule has 0 radical (unpaired) electrons. The Balaban J connectivity index is 1.33. The molecule has 2 aromatic heterocycles. The number of aliphatic hydroxyl groups excluding tert-OH is 1. The van der Waals surface area contributed by atoms with Crippen LogP contribution in [0.15, 0.2) is 107 Å². The number of Topliss-reactive ketones (excluding diaryl/α,β-unsaturated/α-hetero) is 1. The predicted molar refractivity (Wildman–Crippen MR) is 177 cm³/mol. The highest BCUT2D eigenvalue weighted by Gasteiger charge is 2.47. The van der Waals surface area contributed by atoms with Gasteiger partial charge in [0.1, 0.15) is 12.4 Å². The lowest BCUT2D eigenvalue weighted by molar-refractivity contribution is -0.117. The van der Waals surface area contributed by atoms with E-state index in [2.05, 4.69) is 0 Å². The molecule has 3 heterocycles. The molecule has 1 unspecified atom stereocenters. The first-order valence-electron chi connectivity index (χ1n) is 14.6. The van der Waals surface area contributed by atoms with Crippen molar-refractivity contribution in [3.8, 4) is 23.0 Å². The summed E-state index contributed by atoms with van der Waals surface area (Å²) in [5.41, 5.74) is 2.30. The summed E-state index contributed by atoms with van der Waals surface area (Å²) in [5, 5.41) is 12.3. The summed E-state index contributed by atoms with van der Waals surface area (Å²) in [7, 11) is 4.58. The monoisotopic (exact) mass is 648 g/mol. The second kappa shape index (κ2) is 12.2. The number of rotatable bonds is 10. The quantitative estimate of drug-likeness (QED) is 0.151. The molecule has 1 amide bonds. The topological polar surface area (TPSA) is 121 Å². The van der Waals surface area contributed by atoms with Crippen LogP contribution in [0.5, 0.6) is 23.0 Å². The standard InChI is InChI=1S/C36H28N2O8S/c1-42-23-13-14-24-29(18-23)47-36(37-24)38-31(21-12-15-25(27(16-21)44-3)45-19-20-8-5-4-6-9-20)30(33(40)35(38)41)32(39)28-17-22-10-7-11-26(43-2)34(22)46-28/h4-18,31,40H,19H2,1-3H3. The number of fused-ring (bicyclic) bond motifs is 2. The number of thiazole rings is 1. The second-order valence-electron chi connectivity index (χ2n) is 10.7. The van der Waals surface area contributed by atoms with Gasteiger partial charge in [-0.25, -0.2) is 4.98 Å². The second-order valence-corrected chi connectivity index (χ2v) is 11.7. The normalized spacial score (nSPS) is 14.7. The van der Waals surface area contributed by atoms with Crippen molar-refractivity contribution in [2.75, 3.05) is 26.2 Å². The van der Waals surface area contributed by atoms with E-state index in [0.717, 1.165) is 10.3 Å². The van der Waals surface area contributed by atoms with Crippen LogP contribution in [0.1, 0.15) is 27.7 Å². The van der Waals surface area contributed by atoms with Crippen molar-refractivity contribution in [1.29, 1.82) is 0 Å². The molecule has 1 aliphatic heterocycles. The molecule has 11 heteroatoms. The number of ketones is 1. The van der Waals surface area contributed by atoms with Crippen LogP contribution in [-0.2, 0) is 11.4 Å². The third-order valence-electron chi connectivity index (χ3n) is 7.94. The number of carbonyl (C=O) groups is 2. The van der Waals surface area contributed by atoms with Gasteiger partial charge in [-0.1, -0.05) is 59.9 Å². The van der Waals surface area contributed by atoms with Gasteiger partial charge in [0, 0.05) is 5.39 Å². The number of methoxy groups -OCH3 is 3. The van der Waals surface area contributed by atoms with E-state index in [1.807, 2.05) is 36.4 Å². The van der Waals surface area contributed by atoms with Crippen LogP contribution >= 0.6 is 11.3 Å². The molecule has 1 N–H and O–H groups in total. The van der Waals surface area contributed by atoms with Gasteiger partial charge in [0.25, 0.3) is 5.91 Å². The lowest BCUT2D eigenvalue weighted by Crippen LogP contribution is -2.31. The van der Waals surface area contributed by atoms with Crippen molar-refractivity contribution in [3.05, 3.63) is 119 Å². The maximum Gasteiger partial charge on any atom is 0.296 e. The highest BCUT2D eigenvalue weighted by Crippen LogP contribution is 2.46. The molecular formula is C36H28N2O8S. The molecule has 47 heavy (non-hydrogen) atoms. The number of ether oxygens (including phenoxy) is 4. The van der Waals surface area contributed by atoms with Crippen LogP contribution in [-0.4, -0.2) is 43.1 Å². The van der Waals surface area contributed by atoms with Gasteiger partial charge in [-0.05, 0) is 53.6 Å². The molecule has 10 nitrogen and oxygen atoms in total. The smallest absolute Gasteiger partial charge is 0.296 e. The molecule has 7 rings (SSSR count). The van der Waals surface area contributed by atoms with E-state index < -0.39 is 23.5 Å². The zero-order valence-electron chi connectivity index (χ0n) is 25.6. The lowest BCUT2D eigenvalue weighted by atomic mass is 9.95. The summed E-state index contributed by atoms with van der Waals surface area (Å²) in [5.74, 6) is -0.275. The SMILES string of the molecule is COc1ccc2nc(N3C(=O)C(O)=C(C(=O)c4cc5cccc(OC)c5o4)C3c3ccc(OCc4ccccc4)c(OC)c3)sc2c1. The summed E-state index contributed by atoms with van der Waals surface area (Å²) in [6, 6.07) is 26.0. The molecule has 0 aliphatic carbocycles. The molecule has 6 aromatic rings. The number of aromatic nitrogens is 1. The van der Waals surface area contributed by atoms with Gasteiger partial charge in [-0.15, -0.1) is 0 Å². The zero-order valence-corrected chi connectivity index (χ0v) is 26.4. The van der Waals surface area contributed by atoms with Crippen LogP contribution in [0.2, 0.25) is 0 Å². The predicted octanol–water partition coefficient (Wildman–Crippen LogP) is 7.43. The summed E-state index contributed by atoms with van der Waals surface area (Å²) < 4.78 is 29.3. The third-order valence-corrected chi connectivity index (χ3v) is 8.95. The number of hydrogen-bond acceptors (Lipinski definition) is 10. The fourth-order valence-electron chi connectivity index (χ4n) is 5.62. The maximum absolute atomic E-state index is 14.2. The number of aliphatic hydroxyl groups is 1. The Hall–Kier alpha value is -5.81. The summed E-state index contributed by atoms with van der Waals surface area (Å²) in [4.78, 5) is 34.2. The van der Waals surface area contributed by atoms with Gasteiger partial charge < -0.3 is 28.5 Å². The number of nitrogens with zero attached hydrogens (tertiary/aromatic N) is 2. The van der Waals surface area contributed by atoms with Crippen molar-refractivity contribution in [3.63, 3.8) is 0 Å². The van der Waals surface area contributed by atoms with Crippen LogP contribution in [0, 0.1) is 0 Å². The number of furan rings is 1. The minimum absolute atomic E-state index is 0.0606. The Bertz CT molecular complexity index is 2190. The highest BCUT2D eigenvalue weighted by molar-refractivity contribution is 7.22. The van der Waals surface area contributed by atoms with Crippen molar-refractivity contribution >= 4 is 49.3 Å². The average Bonchev–Trinajstić information content (AvgIpc) is 3.80. The zero-order chi connectivity index (χ0) is 32.7. The van der Waals surface area contributed by atoms with Crippen LogP contribution in [0.3, 0.4) is 0 Å². The molecule has 0 saturated heterocycles. The average molecular weight is 649 g/mol. The lowest BCUT2D eigenvalue weighted by Gasteiger charge is -2.25. The molecule has 0 saturated carbocycles. The van der Waals surface area contributed by atoms with E-state index >= 15 is 0 Å². The summed E-state index contributed by atoms with van der Waals surface area (Å²) in [6.45, 7) is 0.305. The number of hydrogen-bond donors (Lipinski definition) is 1. The van der Waals surface area contributed by atoms with Gasteiger partial charge in [0.15, 0.2) is 39.5 Å². The van der Waals surface area contributed by atoms with Crippen LogP contribution in [0.4, 0.5) is 5.13 Å². The number of carbonyl (C=O) groups excluding carboxylic acids is 2. The Labute approximate surface area is 273 Å². The minimum atomic E-state index is -1.08. The van der Waals surface area contributed by atoms with E-state index in [-0.39, 0.29) is 16.5 Å². The van der Waals surface area contributed by atoms with Gasteiger partial charge in [0.05, 0.1) is 43.2 Å². The molecule has 0 bridgehead atoms. The molecule has 1 atom stereocenters. The molecule has 236 valence electrons. The van der Waals surface area contributed by atoms with Gasteiger partial charge in [-0.3, -0.25) is 14.5 Å². The number of amides is 1. The first-order valence-corrected chi connectivity index (χ1v) is 15.4. The van der Waals surface area contributed by atoms with Gasteiger partial charge in [0.2, 0.25) is 5.78 Å². The molecular weight excluding hydrogens is 620 g/mol. The molecule has 0 spiro atoms. The number of anilines is 1. The van der Waals surface area contributed by atoms with Crippen LogP contribution in [0.25, 0.3) is 21.2 Å². The Morgan fingerprint density at radius 3 is 2.47 bits per heavy atom. The fraction of sp³-hybridized carbons (Fsp3) is 0.139. The first kappa shape index (κ1) is 29.9. The first-order chi connectivity index (χ1) is 22.9. The van der Waals surface area contributed by atoms with Crippen LogP contribution < -0.4 is 23.8 Å². The van der Waals surface area contributed by atoms with Crippen molar-refractivity contribution in [2.45, 2.75) is 12.6 Å². The summed E-state index contributed by atoms with van der Waals surface area (Å²) >= 11 is 1.23. The van der Waals surface area contributed by atoms with Gasteiger partial charge >= 0.3 is 0 Å². The largest absolute Gasteiger partial charge is 0.503 e. The third kappa shape index (κ3) is 5.30. The maximum atomic E-state index is 14.2. The number of benzene rings is 4. The van der Waals surface area contributed by atoms with E-state index in [9.17, 15) is 14.7 Å². The van der Waals surface area contributed by atoms with E-state index in [0.29, 0.717) is 51.7 Å². The highest BCUT2D eigenvalue weighted by atomic mass is 32.1. The van der Waals surface area contributed by atoms with E-state index in [4.69, 9.17) is 28.3 Å². The van der Waals surface area contributed by atoms with Crippen molar-refractivity contribution in [1.82, 2.24) is 4.98 Å². The fourth-order valence-corrected chi connectivity index (χ4v) is 6.64. The minimum Gasteiger partial charge on any atom is -0.503 e.